The van der Waals surface area contributed by atoms with Gasteiger partial charge in [0.2, 0.25) is 5.91 Å². The minimum atomic E-state index is -0.202. The Morgan fingerprint density at radius 2 is 2.18 bits per heavy atom. The number of hydrogen-bond donors (Lipinski definition) is 3. The maximum atomic E-state index is 11.6. The summed E-state index contributed by atoms with van der Waals surface area (Å²) in [6.45, 7) is 1.75. The molecule has 0 aromatic heterocycles. The molecule has 0 aromatic carbocycles. The lowest BCUT2D eigenvalue weighted by Gasteiger charge is -2.15. The van der Waals surface area contributed by atoms with E-state index in [1.165, 1.54) is 12.8 Å². The molecule has 2 aliphatic rings. The van der Waals surface area contributed by atoms with Crippen molar-refractivity contribution in [2.24, 2.45) is 5.92 Å². The van der Waals surface area contributed by atoms with E-state index in [0.29, 0.717) is 19.0 Å². The fourth-order valence-corrected chi connectivity index (χ4v) is 2.90. The Balaban J connectivity index is 1.57. The maximum absolute atomic E-state index is 11.6. The van der Waals surface area contributed by atoms with Crippen molar-refractivity contribution in [3.8, 4) is 0 Å². The van der Waals surface area contributed by atoms with Gasteiger partial charge < -0.3 is 15.7 Å². The molecule has 4 heteroatoms. The Hall–Kier alpha value is -0.610. The van der Waals surface area contributed by atoms with Crippen molar-refractivity contribution in [1.82, 2.24) is 10.6 Å². The number of aliphatic hydroxyl groups is 1. The van der Waals surface area contributed by atoms with Gasteiger partial charge in [-0.2, -0.15) is 0 Å². The highest BCUT2D eigenvalue weighted by Crippen LogP contribution is 2.24. The largest absolute Gasteiger partial charge is 0.393 e. The summed E-state index contributed by atoms with van der Waals surface area (Å²) in [6, 6.07) is 0.540. The van der Waals surface area contributed by atoms with E-state index in [1.54, 1.807) is 0 Å². The predicted octanol–water partition coefficient (Wildman–Crippen LogP) is 0.796. The minimum absolute atomic E-state index is 0.137. The van der Waals surface area contributed by atoms with Crippen LogP contribution in [0.2, 0.25) is 0 Å². The first-order valence-electron chi connectivity index (χ1n) is 6.94. The molecule has 2 rings (SSSR count). The Labute approximate surface area is 103 Å². The van der Waals surface area contributed by atoms with Crippen LogP contribution in [-0.4, -0.2) is 36.2 Å². The van der Waals surface area contributed by atoms with Crippen molar-refractivity contribution in [3.63, 3.8) is 0 Å². The van der Waals surface area contributed by atoms with Crippen LogP contribution in [0.4, 0.5) is 0 Å². The van der Waals surface area contributed by atoms with Crippen LogP contribution in [0.25, 0.3) is 0 Å². The second-order valence-electron chi connectivity index (χ2n) is 5.39. The van der Waals surface area contributed by atoms with Crippen LogP contribution in [0.15, 0.2) is 0 Å². The van der Waals surface area contributed by atoms with Gasteiger partial charge >= 0.3 is 0 Å². The predicted molar refractivity (Wildman–Crippen MR) is 66.6 cm³/mol. The molecule has 0 aromatic rings. The van der Waals surface area contributed by atoms with Gasteiger partial charge in [0.05, 0.1) is 6.10 Å². The number of nitrogens with one attached hydrogen (secondary N) is 2. The SMILES string of the molecule is O=C(CCC1CCCN1)NCC1CCCC1O. The Kier molecular flexibility index (Phi) is 4.80. The summed E-state index contributed by atoms with van der Waals surface area (Å²) in [7, 11) is 0. The third-order valence-corrected chi connectivity index (χ3v) is 4.06. The van der Waals surface area contributed by atoms with Gasteiger partial charge in [0, 0.05) is 24.9 Å². The smallest absolute Gasteiger partial charge is 0.220 e. The van der Waals surface area contributed by atoms with Crippen LogP contribution in [0.5, 0.6) is 0 Å². The van der Waals surface area contributed by atoms with E-state index >= 15 is 0 Å². The molecule has 1 saturated carbocycles. The molecule has 17 heavy (non-hydrogen) atoms. The molecule has 2 fully saturated rings. The summed E-state index contributed by atoms with van der Waals surface area (Å²) < 4.78 is 0. The maximum Gasteiger partial charge on any atom is 0.220 e. The average molecular weight is 240 g/mol. The summed E-state index contributed by atoms with van der Waals surface area (Å²) >= 11 is 0. The van der Waals surface area contributed by atoms with Crippen LogP contribution < -0.4 is 10.6 Å². The van der Waals surface area contributed by atoms with Crippen LogP contribution in [0.3, 0.4) is 0 Å². The van der Waals surface area contributed by atoms with Crippen molar-refractivity contribution >= 4 is 5.91 Å². The number of carbonyl (C=O) groups is 1. The summed E-state index contributed by atoms with van der Waals surface area (Å²) in [6.07, 6.45) is 6.83. The lowest BCUT2D eigenvalue weighted by molar-refractivity contribution is -0.121. The van der Waals surface area contributed by atoms with Gasteiger partial charge in [-0.05, 0) is 38.6 Å². The highest BCUT2D eigenvalue weighted by molar-refractivity contribution is 5.75. The Morgan fingerprint density at radius 1 is 1.29 bits per heavy atom. The van der Waals surface area contributed by atoms with E-state index < -0.39 is 0 Å². The number of amides is 1. The summed E-state index contributed by atoms with van der Waals surface area (Å²) in [5.41, 5.74) is 0. The molecule has 3 atom stereocenters. The fraction of sp³-hybridized carbons (Fsp3) is 0.923. The van der Waals surface area contributed by atoms with E-state index in [0.717, 1.165) is 32.2 Å². The molecule has 1 amide bonds. The molecule has 0 bridgehead atoms. The standard InChI is InChI=1S/C13H24N2O2/c16-12-5-1-3-10(12)9-15-13(17)7-6-11-4-2-8-14-11/h10-12,14,16H,1-9H2,(H,15,17). The second kappa shape index (κ2) is 6.36. The molecule has 0 spiro atoms. The number of hydrogen-bond acceptors (Lipinski definition) is 3. The van der Waals surface area contributed by atoms with E-state index in [4.69, 9.17) is 0 Å². The Morgan fingerprint density at radius 3 is 2.82 bits per heavy atom. The van der Waals surface area contributed by atoms with Gasteiger partial charge in [-0.3, -0.25) is 4.79 Å². The molecule has 3 N–H and O–H groups in total. The highest BCUT2D eigenvalue weighted by atomic mass is 16.3. The van der Waals surface area contributed by atoms with Crippen molar-refractivity contribution in [1.29, 1.82) is 0 Å². The summed E-state index contributed by atoms with van der Waals surface area (Å²) in [5.74, 6) is 0.418. The van der Waals surface area contributed by atoms with E-state index in [9.17, 15) is 9.90 Å². The fourth-order valence-electron chi connectivity index (χ4n) is 2.90. The zero-order valence-electron chi connectivity index (χ0n) is 10.5. The first-order chi connectivity index (χ1) is 8.25. The van der Waals surface area contributed by atoms with Crippen LogP contribution in [0.1, 0.15) is 44.9 Å². The molecule has 3 unspecified atom stereocenters. The first kappa shape index (κ1) is 12.8. The second-order valence-corrected chi connectivity index (χ2v) is 5.39. The molecule has 1 saturated heterocycles. The quantitative estimate of drug-likeness (QED) is 0.666. The van der Waals surface area contributed by atoms with Crippen molar-refractivity contribution in [3.05, 3.63) is 0 Å². The average Bonchev–Trinajstić information content (AvgIpc) is 2.95. The van der Waals surface area contributed by atoms with Gasteiger partial charge in [0.25, 0.3) is 0 Å². The molecule has 1 aliphatic heterocycles. The number of carbonyl (C=O) groups excluding carboxylic acids is 1. The molecular weight excluding hydrogens is 216 g/mol. The van der Waals surface area contributed by atoms with E-state index in [2.05, 4.69) is 10.6 Å². The lowest BCUT2D eigenvalue weighted by atomic mass is 10.1. The highest BCUT2D eigenvalue weighted by Gasteiger charge is 2.25. The third-order valence-electron chi connectivity index (χ3n) is 4.06. The van der Waals surface area contributed by atoms with Gasteiger partial charge in [0.1, 0.15) is 0 Å². The lowest BCUT2D eigenvalue weighted by Crippen LogP contribution is -2.33. The zero-order chi connectivity index (χ0) is 12.1. The number of aliphatic hydroxyl groups excluding tert-OH is 1. The van der Waals surface area contributed by atoms with Crippen molar-refractivity contribution in [2.45, 2.75) is 57.1 Å². The van der Waals surface area contributed by atoms with Gasteiger partial charge in [-0.1, -0.05) is 6.42 Å². The summed E-state index contributed by atoms with van der Waals surface area (Å²) in [5, 5.41) is 16.0. The molecule has 4 nitrogen and oxygen atoms in total. The molecule has 98 valence electrons. The zero-order valence-corrected chi connectivity index (χ0v) is 10.5. The van der Waals surface area contributed by atoms with Crippen LogP contribution in [-0.2, 0) is 4.79 Å². The normalized spacial score (nSPS) is 32.9. The van der Waals surface area contributed by atoms with Crippen LogP contribution in [0, 0.1) is 5.92 Å². The number of rotatable bonds is 5. The van der Waals surface area contributed by atoms with Crippen molar-refractivity contribution in [2.75, 3.05) is 13.1 Å². The summed E-state index contributed by atoms with van der Waals surface area (Å²) in [4.78, 5) is 11.6. The van der Waals surface area contributed by atoms with E-state index in [1.807, 2.05) is 0 Å². The molecule has 1 heterocycles. The Bertz CT molecular complexity index is 252. The van der Waals surface area contributed by atoms with Crippen LogP contribution >= 0.6 is 0 Å². The van der Waals surface area contributed by atoms with Gasteiger partial charge in [-0.15, -0.1) is 0 Å². The van der Waals surface area contributed by atoms with Gasteiger partial charge in [0.15, 0.2) is 0 Å². The molecule has 1 aliphatic carbocycles. The molecular formula is C13H24N2O2. The molecule has 0 radical (unpaired) electrons. The van der Waals surface area contributed by atoms with E-state index in [-0.39, 0.29) is 17.9 Å². The monoisotopic (exact) mass is 240 g/mol. The topological polar surface area (TPSA) is 61.4 Å². The van der Waals surface area contributed by atoms with Gasteiger partial charge in [-0.25, -0.2) is 0 Å². The third kappa shape index (κ3) is 3.96. The van der Waals surface area contributed by atoms with Crippen molar-refractivity contribution < 1.29 is 9.90 Å². The minimum Gasteiger partial charge on any atom is -0.393 e. The first-order valence-corrected chi connectivity index (χ1v) is 6.94.